The van der Waals surface area contributed by atoms with Crippen LogP contribution in [0.3, 0.4) is 0 Å². The Bertz CT molecular complexity index is 760. The van der Waals surface area contributed by atoms with Gasteiger partial charge in [-0.1, -0.05) is 17.7 Å². The van der Waals surface area contributed by atoms with Crippen molar-refractivity contribution in [2.45, 2.75) is 20.8 Å². The van der Waals surface area contributed by atoms with Gasteiger partial charge in [0.2, 0.25) is 0 Å². The number of ether oxygens (including phenoxy) is 1. The van der Waals surface area contributed by atoms with E-state index in [0.29, 0.717) is 12.2 Å². The van der Waals surface area contributed by atoms with Crippen molar-refractivity contribution in [1.29, 1.82) is 0 Å². The Balaban J connectivity index is 1.54. The van der Waals surface area contributed by atoms with Crippen LogP contribution in [-0.2, 0) is 4.74 Å². The Labute approximate surface area is 160 Å². The topological polar surface area (TPSA) is 66.5 Å². The van der Waals surface area contributed by atoms with Gasteiger partial charge in [-0.25, -0.2) is 4.98 Å². The fraction of sp³-hybridized carbons (Fsp3) is 0.429. The molecule has 1 aromatic carbocycles. The number of carbonyl (C=O) groups is 1. The summed E-state index contributed by atoms with van der Waals surface area (Å²) >= 11 is 0. The number of benzene rings is 1. The molecule has 6 heteroatoms. The van der Waals surface area contributed by atoms with E-state index in [1.807, 2.05) is 6.07 Å². The van der Waals surface area contributed by atoms with E-state index >= 15 is 0 Å². The lowest BCUT2D eigenvalue weighted by molar-refractivity contribution is 0.0383. The van der Waals surface area contributed by atoms with Crippen molar-refractivity contribution in [2.24, 2.45) is 0 Å². The average Bonchev–Trinajstić information content (AvgIpc) is 2.66. The first-order chi connectivity index (χ1) is 13.0. The minimum atomic E-state index is -0.141. The number of nitrogens with one attached hydrogen (secondary N) is 2. The second-order valence-corrected chi connectivity index (χ2v) is 7.04. The molecular weight excluding hydrogens is 340 g/mol. The van der Waals surface area contributed by atoms with E-state index in [1.165, 1.54) is 16.7 Å². The van der Waals surface area contributed by atoms with Crippen LogP contribution in [0.15, 0.2) is 30.5 Å². The maximum absolute atomic E-state index is 12.3. The smallest absolute Gasteiger partial charge is 0.269 e. The van der Waals surface area contributed by atoms with Gasteiger partial charge in [0.05, 0.1) is 25.1 Å². The molecule has 1 aliphatic rings. The van der Waals surface area contributed by atoms with Crippen LogP contribution in [0, 0.1) is 20.8 Å². The third kappa shape index (κ3) is 5.28. The van der Waals surface area contributed by atoms with Crippen molar-refractivity contribution in [3.05, 3.63) is 52.8 Å². The first-order valence-electron chi connectivity index (χ1n) is 9.42. The molecule has 1 amide bonds. The highest BCUT2D eigenvalue weighted by molar-refractivity contribution is 5.92. The first-order valence-corrected chi connectivity index (χ1v) is 9.42. The quantitative estimate of drug-likeness (QED) is 0.821. The van der Waals surface area contributed by atoms with Crippen molar-refractivity contribution >= 4 is 17.3 Å². The summed E-state index contributed by atoms with van der Waals surface area (Å²) in [6, 6.07) is 7.95. The summed E-state index contributed by atoms with van der Waals surface area (Å²) < 4.78 is 5.33. The van der Waals surface area contributed by atoms with Crippen molar-refractivity contribution in [3.63, 3.8) is 0 Å². The molecule has 2 N–H and O–H groups in total. The van der Waals surface area contributed by atoms with Gasteiger partial charge in [0, 0.05) is 31.9 Å². The zero-order valence-corrected chi connectivity index (χ0v) is 16.3. The fourth-order valence-electron chi connectivity index (χ4n) is 3.37. The Hall–Kier alpha value is -2.44. The van der Waals surface area contributed by atoms with E-state index in [9.17, 15) is 4.79 Å². The van der Waals surface area contributed by atoms with Gasteiger partial charge in [-0.3, -0.25) is 9.69 Å². The highest BCUT2D eigenvalue weighted by Gasteiger charge is 2.12. The van der Waals surface area contributed by atoms with E-state index in [1.54, 1.807) is 12.3 Å². The van der Waals surface area contributed by atoms with Gasteiger partial charge in [-0.2, -0.15) is 0 Å². The van der Waals surface area contributed by atoms with Crippen LogP contribution in [0.5, 0.6) is 0 Å². The van der Waals surface area contributed by atoms with E-state index in [-0.39, 0.29) is 5.91 Å². The van der Waals surface area contributed by atoms with Crippen LogP contribution < -0.4 is 10.6 Å². The number of anilines is 2. The summed E-state index contributed by atoms with van der Waals surface area (Å²) in [7, 11) is 0. The molecule has 1 aliphatic heterocycles. The Morgan fingerprint density at radius 3 is 2.48 bits per heavy atom. The van der Waals surface area contributed by atoms with Crippen molar-refractivity contribution in [2.75, 3.05) is 44.7 Å². The van der Waals surface area contributed by atoms with Crippen LogP contribution in [0.4, 0.5) is 11.4 Å². The largest absolute Gasteiger partial charge is 0.379 e. The summed E-state index contributed by atoms with van der Waals surface area (Å²) in [5.41, 5.74) is 6.02. The number of hydrogen-bond donors (Lipinski definition) is 2. The summed E-state index contributed by atoms with van der Waals surface area (Å²) in [5, 5.41) is 6.34. The van der Waals surface area contributed by atoms with E-state index in [4.69, 9.17) is 4.74 Å². The van der Waals surface area contributed by atoms with Gasteiger partial charge in [0.1, 0.15) is 5.69 Å². The molecule has 0 radical (unpaired) electrons. The summed E-state index contributed by atoms with van der Waals surface area (Å²) in [6.45, 7) is 11.1. The van der Waals surface area contributed by atoms with Crippen LogP contribution in [0.2, 0.25) is 0 Å². The minimum absolute atomic E-state index is 0.141. The number of aromatic nitrogens is 1. The lowest BCUT2D eigenvalue weighted by Crippen LogP contribution is -2.41. The fourth-order valence-corrected chi connectivity index (χ4v) is 3.37. The number of carbonyl (C=O) groups excluding carboxylic acids is 1. The lowest BCUT2D eigenvalue weighted by Gasteiger charge is -2.26. The number of nitrogens with zero attached hydrogens (tertiary/aromatic N) is 2. The Morgan fingerprint density at radius 2 is 1.85 bits per heavy atom. The van der Waals surface area contributed by atoms with Gasteiger partial charge < -0.3 is 15.4 Å². The van der Waals surface area contributed by atoms with Crippen molar-refractivity contribution in [1.82, 2.24) is 15.2 Å². The van der Waals surface area contributed by atoms with E-state index in [0.717, 1.165) is 44.2 Å². The van der Waals surface area contributed by atoms with Gasteiger partial charge in [0.15, 0.2) is 0 Å². The molecular formula is C21H28N4O2. The van der Waals surface area contributed by atoms with Crippen LogP contribution in [-0.4, -0.2) is 55.2 Å². The Kier molecular flexibility index (Phi) is 6.42. The van der Waals surface area contributed by atoms with Crippen LogP contribution in [0.25, 0.3) is 0 Å². The molecule has 0 atom stereocenters. The zero-order chi connectivity index (χ0) is 19.2. The monoisotopic (exact) mass is 368 g/mol. The number of rotatable bonds is 6. The number of amides is 1. The standard InChI is InChI=1S/C21H28N4O2/c1-15-12-16(2)20(17(3)13-15)24-18-4-5-19(23-14-18)21(26)22-6-7-25-8-10-27-11-9-25/h4-5,12-14,24H,6-11H2,1-3H3,(H,22,26). The Morgan fingerprint density at radius 1 is 1.15 bits per heavy atom. The van der Waals surface area contributed by atoms with Crippen molar-refractivity contribution < 1.29 is 9.53 Å². The molecule has 27 heavy (non-hydrogen) atoms. The zero-order valence-electron chi connectivity index (χ0n) is 16.3. The molecule has 3 rings (SSSR count). The summed E-state index contributed by atoms with van der Waals surface area (Å²) in [6.07, 6.45) is 1.70. The molecule has 1 fully saturated rings. The average molecular weight is 368 g/mol. The highest BCUT2D eigenvalue weighted by Crippen LogP contribution is 2.25. The molecule has 1 saturated heterocycles. The molecule has 0 bridgehead atoms. The van der Waals surface area contributed by atoms with Crippen molar-refractivity contribution in [3.8, 4) is 0 Å². The normalized spacial score (nSPS) is 14.8. The van der Waals surface area contributed by atoms with Gasteiger partial charge in [-0.05, 0) is 44.0 Å². The third-order valence-corrected chi connectivity index (χ3v) is 4.76. The molecule has 144 valence electrons. The predicted molar refractivity (Wildman–Crippen MR) is 108 cm³/mol. The summed E-state index contributed by atoms with van der Waals surface area (Å²) in [4.78, 5) is 18.9. The molecule has 2 heterocycles. The van der Waals surface area contributed by atoms with Gasteiger partial charge in [-0.15, -0.1) is 0 Å². The highest BCUT2D eigenvalue weighted by atomic mass is 16.5. The molecule has 0 aliphatic carbocycles. The lowest BCUT2D eigenvalue weighted by atomic mass is 10.0. The molecule has 0 saturated carbocycles. The van der Waals surface area contributed by atoms with E-state index in [2.05, 4.69) is 53.4 Å². The molecule has 0 spiro atoms. The minimum Gasteiger partial charge on any atom is -0.379 e. The van der Waals surface area contributed by atoms with Gasteiger partial charge >= 0.3 is 0 Å². The second kappa shape index (κ2) is 8.97. The molecule has 1 aromatic heterocycles. The predicted octanol–water partition coefficient (Wildman–Crippen LogP) is 2.81. The number of aryl methyl sites for hydroxylation is 3. The summed E-state index contributed by atoms with van der Waals surface area (Å²) in [5.74, 6) is -0.141. The third-order valence-electron chi connectivity index (χ3n) is 4.76. The molecule has 2 aromatic rings. The molecule has 6 nitrogen and oxygen atoms in total. The number of hydrogen-bond acceptors (Lipinski definition) is 5. The van der Waals surface area contributed by atoms with Gasteiger partial charge in [0.25, 0.3) is 5.91 Å². The maximum Gasteiger partial charge on any atom is 0.269 e. The second-order valence-electron chi connectivity index (χ2n) is 7.04. The molecule has 0 unspecified atom stereocenters. The van der Waals surface area contributed by atoms with Crippen LogP contribution in [0.1, 0.15) is 27.2 Å². The maximum atomic E-state index is 12.3. The van der Waals surface area contributed by atoms with Crippen LogP contribution >= 0.6 is 0 Å². The van der Waals surface area contributed by atoms with E-state index < -0.39 is 0 Å². The number of pyridine rings is 1. The SMILES string of the molecule is Cc1cc(C)c(Nc2ccc(C(=O)NCCN3CCOCC3)nc2)c(C)c1. The first kappa shape index (κ1) is 19.3. The number of morpholine rings is 1.